The fraction of sp³-hybridized carbons (Fsp3) is 0.333. The Morgan fingerprint density at radius 2 is 1.38 bits per heavy atom. The number of nitrogens with zero attached hydrogens (tertiary/aromatic N) is 10. The predicted octanol–water partition coefficient (Wildman–Crippen LogP) is 4.69. The highest BCUT2D eigenvalue weighted by Crippen LogP contribution is 2.34. The van der Waals surface area contributed by atoms with Crippen LogP contribution >= 0.6 is 0 Å². The van der Waals surface area contributed by atoms with E-state index in [0.29, 0.717) is 82.7 Å². The minimum Gasteiger partial charge on any atom is -0.331 e. The van der Waals surface area contributed by atoms with E-state index < -0.39 is 28.7 Å². The lowest BCUT2D eigenvalue weighted by Gasteiger charge is -2.38. The third-order valence-electron chi connectivity index (χ3n) is 13.6. The molecule has 69 heavy (non-hydrogen) atoms. The zero-order chi connectivity index (χ0) is 47.9. The normalized spacial score (nSPS) is 17.9. The number of carbonyl (C=O) groups excluding carboxylic acids is 4. The molecule has 3 aromatic heterocycles. The summed E-state index contributed by atoms with van der Waals surface area (Å²) in [6, 6.07) is 20.5. The van der Waals surface area contributed by atoms with Gasteiger partial charge in [-0.25, -0.2) is 19.6 Å². The molecule has 0 saturated carbocycles. The van der Waals surface area contributed by atoms with E-state index in [1.807, 2.05) is 39.9 Å². The van der Waals surface area contributed by atoms with Crippen LogP contribution in [-0.4, -0.2) is 121 Å². The minimum absolute atomic E-state index is 0.0975. The lowest BCUT2D eigenvalue weighted by atomic mass is 9.88. The van der Waals surface area contributed by atoms with Crippen molar-refractivity contribution in [1.29, 1.82) is 5.26 Å². The third-order valence-corrected chi connectivity index (χ3v) is 13.6. The number of hydrogen-bond donors (Lipinski definition) is 4. The molecule has 354 valence electrons. The number of amides is 6. The summed E-state index contributed by atoms with van der Waals surface area (Å²) in [5, 5.41) is 20.8. The summed E-state index contributed by atoms with van der Waals surface area (Å²) in [4.78, 5) is 68.7. The lowest BCUT2D eigenvalue weighted by molar-refractivity contribution is -0.714. The van der Waals surface area contributed by atoms with Crippen LogP contribution in [0.1, 0.15) is 42.4 Å². The van der Waals surface area contributed by atoms with Gasteiger partial charge in [0.25, 0.3) is 0 Å². The van der Waals surface area contributed by atoms with Crippen molar-refractivity contribution in [2.24, 2.45) is 0 Å². The number of rotatable bonds is 11. The van der Waals surface area contributed by atoms with E-state index in [9.17, 15) is 32.3 Å². The van der Waals surface area contributed by atoms with E-state index in [1.54, 1.807) is 41.8 Å². The Balaban J connectivity index is 0.769. The SMILES string of the molecule is N#Cc1ccc(NC(=O)CN2CC3(CCN(c4c5cncn5cc[n+]4-n4cncc4-c4cccc(CN5CCC6(CC5)CN(CC(=O)Nc5ccc(C(F)(F)F)cc5)C(=O)N6)c4)CC3)NC2=O)cc1. The molecule has 7 heterocycles. The molecule has 0 radical (unpaired) electrons. The van der Waals surface area contributed by atoms with Gasteiger partial charge in [-0.1, -0.05) is 18.2 Å². The molecule has 6 amide bonds. The van der Waals surface area contributed by atoms with Gasteiger partial charge in [-0.2, -0.15) is 23.1 Å². The Kier molecular flexibility index (Phi) is 11.6. The molecule has 0 unspecified atom stereocenters. The van der Waals surface area contributed by atoms with Gasteiger partial charge >= 0.3 is 24.1 Å². The molecule has 4 aliphatic rings. The summed E-state index contributed by atoms with van der Waals surface area (Å²) in [5.74, 6) is 0.0941. The maximum atomic E-state index is 13.2. The van der Waals surface area contributed by atoms with Gasteiger partial charge in [0.2, 0.25) is 11.8 Å². The molecule has 6 aromatic rings. The number of imidazole rings is 2. The van der Waals surface area contributed by atoms with Crippen molar-refractivity contribution in [3.63, 3.8) is 0 Å². The molecule has 18 nitrogen and oxygen atoms in total. The molecular formula is C48H48F3N14O4+. The molecule has 0 atom stereocenters. The van der Waals surface area contributed by atoms with Gasteiger partial charge in [0.05, 0.1) is 66.3 Å². The van der Waals surface area contributed by atoms with Crippen LogP contribution in [0.25, 0.3) is 16.8 Å². The fourth-order valence-corrected chi connectivity index (χ4v) is 9.95. The van der Waals surface area contributed by atoms with Crippen LogP contribution in [0.15, 0.2) is 110 Å². The second-order valence-electron chi connectivity index (χ2n) is 18.2. The van der Waals surface area contributed by atoms with E-state index >= 15 is 0 Å². The lowest BCUT2D eigenvalue weighted by Crippen LogP contribution is -2.56. The second-order valence-corrected chi connectivity index (χ2v) is 18.2. The van der Waals surface area contributed by atoms with Gasteiger partial charge in [0.15, 0.2) is 5.52 Å². The van der Waals surface area contributed by atoms with Gasteiger partial charge in [-0.3, -0.25) is 23.8 Å². The fourth-order valence-electron chi connectivity index (χ4n) is 9.95. The molecule has 2 spiro atoms. The van der Waals surface area contributed by atoms with E-state index in [-0.39, 0.29) is 36.7 Å². The summed E-state index contributed by atoms with van der Waals surface area (Å²) in [6.45, 7) is 3.77. The number of carbonyl (C=O) groups is 4. The Labute approximate surface area is 393 Å². The van der Waals surface area contributed by atoms with Crippen LogP contribution in [0.3, 0.4) is 0 Å². The van der Waals surface area contributed by atoms with Crippen molar-refractivity contribution in [2.45, 2.75) is 49.5 Å². The maximum absolute atomic E-state index is 13.2. The van der Waals surface area contributed by atoms with Crippen molar-refractivity contribution in [1.82, 2.24) is 44.4 Å². The topological polar surface area (TPSA) is 192 Å². The number of likely N-dealkylation sites (tertiary alicyclic amines) is 1. The minimum atomic E-state index is -4.48. The zero-order valence-corrected chi connectivity index (χ0v) is 37.3. The molecule has 0 aliphatic carbocycles. The Hall–Kier alpha value is -7.99. The van der Waals surface area contributed by atoms with Crippen LogP contribution < -0.4 is 30.8 Å². The number of urea groups is 2. The first-order valence-electron chi connectivity index (χ1n) is 22.6. The summed E-state index contributed by atoms with van der Waals surface area (Å²) in [6.07, 6.45) is 9.31. The Bertz CT molecular complexity index is 2970. The Morgan fingerprint density at radius 1 is 0.783 bits per heavy atom. The number of halogens is 3. The van der Waals surface area contributed by atoms with Crippen LogP contribution in [0.2, 0.25) is 0 Å². The standard InChI is InChI=1S/C48H47F3N14O4/c49-48(50,51)36-6-10-38(11-7-36)56-42(67)28-62-29-46(57-44(62)68)12-16-59(17-13-46)26-34-2-1-3-35(22-34)39-24-54-32-65(39)64-21-20-61-31-53-25-40(61)43(64)60-18-14-47(15-19-60)30-63(45(69)58-47)27-41(66)55-37-8-4-33(23-52)5-9-37/h1-11,20-22,24-25,31-32H,12-19,26-30H2,(H3-,55,56,57,58,66,67,68,69)/p+1. The van der Waals surface area contributed by atoms with Crippen LogP contribution in [0, 0.1) is 11.3 Å². The highest BCUT2D eigenvalue weighted by molar-refractivity contribution is 5.95. The van der Waals surface area contributed by atoms with Gasteiger partial charge in [-0.05, 0) is 73.0 Å². The molecule has 4 N–H and O–H groups in total. The first-order valence-corrected chi connectivity index (χ1v) is 22.6. The number of benzene rings is 3. The molecule has 0 bridgehead atoms. The highest BCUT2D eigenvalue weighted by atomic mass is 19.4. The van der Waals surface area contributed by atoms with Crippen molar-refractivity contribution >= 4 is 46.6 Å². The molecular weight excluding hydrogens is 894 g/mol. The number of alkyl halides is 3. The number of nitriles is 1. The van der Waals surface area contributed by atoms with Crippen molar-refractivity contribution in [3.8, 4) is 17.3 Å². The number of piperidine rings is 2. The number of anilines is 3. The Morgan fingerprint density at radius 3 is 1.99 bits per heavy atom. The quantitative estimate of drug-likeness (QED) is 0.134. The van der Waals surface area contributed by atoms with Crippen molar-refractivity contribution in [2.75, 3.05) is 67.9 Å². The number of fused-ring (bicyclic) bond motifs is 1. The largest absolute Gasteiger partial charge is 0.416 e. The molecule has 4 aliphatic heterocycles. The summed E-state index contributed by atoms with van der Waals surface area (Å²) in [5.41, 5.74) is 3.28. The van der Waals surface area contributed by atoms with Gasteiger partial charge in [0.1, 0.15) is 31.3 Å². The average molecular weight is 942 g/mol. The smallest absolute Gasteiger partial charge is 0.331 e. The van der Waals surface area contributed by atoms with Crippen LogP contribution in [0.4, 0.5) is 40.0 Å². The van der Waals surface area contributed by atoms with E-state index in [0.717, 1.165) is 40.3 Å². The van der Waals surface area contributed by atoms with Crippen LogP contribution in [-0.2, 0) is 22.3 Å². The monoisotopic (exact) mass is 941 g/mol. The number of hydrogen-bond acceptors (Lipinski definition) is 9. The van der Waals surface area contributed by atoms with Crippen LogP contribution in [0.5, 0.6) is 0 Å². The summed E-state index contributed by atoms with van der Waals surface area (Å²) < 4.78 is 45.0. The molecule has 21 heteroatoms. The molecule has 4 saturated heterocycles. The van der Waals surface area contributed by atoms with Gasteiger partial charge in [0, 0.05) is 62.5 Å². The van der Waals surface area contributed by atoms with Crippen molar-refractivity contribution < 1.29 is 37.0 Å². The number of aromatic nitrogens is 5. The highest BCUT2D eigenvalue weighted by Gasteiger charge is 2.48. The van der Waals surface area contributed by atoms with E-state index in [4.69, 9.17) is 5.26 Å². The maximum Gasteiger partial charge on any atom is 0.416 e. The van der Waals surface area contributed by atoms with Gasteiger partial charge in [-0.15, -0.1) is 4.68 Å². The third kappa shape index (κ3) is 9.34. The van der Waals surface area contributed by atoms with E-state index in [2.05, 4.69) is 70.0 Å². The zero-order valence-electron chi connectivity index (χ0n) is 37.3. The average Bonchev–Trinajstić information content (AvgIpc) is 4.14. The predicted molar refractivity (Wildman–Crippen MR) is 245 cm³/mol. The first-order chi connectivity index (χ1) is 33.2. The molecule has 4 fully saturated rings. The van der Waals surface area contributed by atoms with E-state index in [1.165, 1.54) is 17.0 Å². The molecule has 10 rings (SSSR count). The first kappa shape index (κ1) is 44.8. The van der Waals surface area contributed by atoms with Gasteiger partial charge < -0.3 is 31.1 Å². The number of nitrogens with one attached hydrogen (secondary N) is 4. The molecule has 3 aromatic carbocycles. The van der Waals surface area contributed by atoms with Crippen molar-refractivity contribution in [3.05, 3.63) is 127 Å². The summed E-state index contributed by atoms with van der Waals surface area (Å²) >= 11 is 0. The second kappa shape index (κ2) is 17.9. The summed E-state index contributed by atoms with van der Waals surface area (Å²) in [7, 11) is 0.